The summed E-state index contributed by atoms with van der Waals surface area (Å²) >= 11 is 0.497. The Morgan fingerprint density at radius 3 is 2.20 bits per heavy atom. The Balaban J connectivity index is 1.43. The molecule has 0 saturated heterocycles. The molecule has 0 aliphatic heterocycles. The molecule has 12 heteroatoms. The first-order chi connectivity index (χ1) is 18.9. The number of halogens is 7. The van der Waals surface area contributed by atoms with Crippen molar-refractivity contribution in [3.8, 4) is 17.1 Å². The summed E-state index contributed by atoms with van der Waals surface area (Å²) in [5.41, 5.74) is 1.31. The van der Waals surface area contributed by atoms with E-state index in [-0.39, 0.29) is 44.9 Å². The SMILES string of the molecule is C/C(=C(/F)c1ccc(-c2ncc(C)cn2)cc1F)c1ccc2nc(C(F)(F)Oc3cc(F)c(F)c(F)c3)sc2c1. The highest BCUT2D eigenvalue weighted by atomic mass is 32.1. The van der Waals surface area contributed by atoms with Gasteiger partial charge in [0, 0.05) is 35.7 Å². The monoisotopic (exact) mass is 575 g/mol. The second-order valence-electron chi connectivity index (χ2n) is 8.74. The van der Waals surface area contributed by atoms with Crippen LogP contribution < -0.4 is 4.74 Å². The van der Waals surface area contributed by atoms with Crippen molar-refractivity contribution in [3.05, 3.63) is 106 Å². The number of nitrogens with zero attached hydrogens (tertiary/aromatic N) is 3. The first kappa shape index (κ1) is 27.3. The Labute approximate surface area is 226 Å². The van der Waals surface area contributed by atoms with Crippen molar-refractivity contribution in [1.82, 2.24) is 15.0 Å². The Kier molecular flexibility index (Phi) is 7.05. The molecule has 0 N–H and O–H groups in total. The van der Waals surface area contributed by atoms with Gasteiger partial charge in [-0.25, -0.2) is 36.9 Å². The van der Waals surface area contributed by atoms with Gasteiger partial charge in [0.1, 0.15) is 17.4 Å². The lowest BCUT2D eigenvalue weighted by Gasteiger charge is -2.15. The Hall–Kier alpha value is -4.32. The van der Waals surface area contributed by atoms with Gasteiger partial charge in [-0.1, -0.05) is 12.1 Å². The van der Waals surface area contributed by atoms with E-state index >= 15 is 4.39 Å². The molecule has 0 atom stereocenters. The van der Waals surface area contributed by atoms with Gasteiger partial charge in [0.05, 0.1) is 10.2 Å². The molecular weight excluding hydrogens is 559 g/mol. The van der Waals surface area contributed by atoms with Gasteiger partial charge in [0.2, 0.25) is 5.01 Å². The summed E-state index contributed by atoms with van der Waals surface area (Å²) in [6.07, 6.45) is -0.975. The summed E-state index contributed by atoms with van der Waals surface area (Å²) in [5, 5.41) is -0.855. The van der Waals surface area contributed by atoms with Crippen LogP contribution in [0, 0.1) is 30.2 Å². The van der Waals surface area contributed by atoms with Crippen LogP contribution in [0.25, 0.3) is 33.0 Å². The smallest absolute Gasteiger partial charge is 0.427 e. The van der Waals surface area contributed by atoms with Crippen molar-refractivity contribution >= 4 is 33.0 Å². The number of allylic oxidation sites excluding steroid dienone is 1. The Morgan fingerprint density at radius 1 is 0.875 bits per heavy atom. The number of rotatable bonds is 6. The van der Waals surface area contributed by atoms with E-state index in [1.54, 1.807) is 19.3 Å². The van der Waals surface area contributed by atoms with E-state index in [1.165, 1.54) is 37.3 Å². The molecular formula is C28H16F7N3OS. The van der Waals surface area contributed by atoms with Gasteiger partial charge < -0.3 is 4.74 Å². The number of benzene rings is 3. The number of aromatic nitrogens is 3. The molecule has 2 aromatic heterocycles. The fourth-order valence-corrected chi connectivity index (χ4v) is 4.68. The summed E-state index contributed by atoms with van der Waals surface area (Å²) in [4.78, 5) is 12.1. The zero-order valence-electron chi connectivity index (χ0n) is 20.6. The van der Waals surface area contributed by atoms with Gasteiger partial charge in [-0.05, 0) is 54.8 Å². The van der Waals surface area contributed by atoms with Gasteiger partial charge in [-0.15, -0.1) is 11.3 Å². The number of aryl methyl sites for hydroxylation is 1. The summed E-state index contributed by atoms with van der Waals surface area (Å²) in [6, 6.07) is 8.62. The minimum absolute atomic E-state index is 0.0374. The molecule has 0 spiro atoms. The molecule has 0 fully saturated rings. The standard InChI is InChI=1S/C28H16F7N3OS/c1-13-11-36-26(37-12-13)16-3-5-18(19(29)7-16)24(32)14(2)15-4-6-22-23(8-15)40-27(38-22)28(34,35)39-17-9-20(30)25(33)21(31)10-17/h3-12H,1-2H3/b24-14-. The van der Waals surface area contributed by atoms with E-state index in [0.717, 1.165) is 11.6 Å². The largest absolute Gasteiger partial charge is 0.454 e. The fraction of sp³-hybridized carbons (Fsp3) is 0.107. The van der Waals surface area contributed by atoms with Gasteiger partial charge in [-0.3, -0.25) is 0 Å². The minimum Gasteiger partial charge on any atom is -0.427 e. The normalized spacial score (nSPS) is 12.5. The molecule has 0 bridgehead atoms. The van der Waals surface area contributed by atoms with Crippen molar-refractivity contribution in [2.75, 3.05) is 0 Å². The Morgan fingerprint density at radius 2 is 1.55 bits per heavy atom. The molecule has 0 unspecified atom stereocenters. The molecule has 204 valence electrons. The molecule has 0 aliphatic rings. The van der Waals surface area contributed by atoms with E-state index in [2.05, 4.69) is 19.7 Å². The van der Waals surface area contributed by atoms with Gasteiger partial charge in [0.25, 0.3) is 0 Å². The second kappa shape index (κ2) is 10.3. The van der Waals surface area contributed by atoms with Crippen molar-refractivity contribution in [1.29, 1.82) is 0 Å². The van der Waals surface area contributed by atoms with E-state index < -0.39 is 46.0 Å². The predicted octanol–water partition coefficient (Wildman–Crippen LogP) is 8.60. The van der Waals surface area contributed by atoms with Crippen LogP contribution in [0.1, 0.15) is 28.6 Å². The van der Waals surface area contributed by atoms with Crippen LogP contribution in [-0.2, 0) is 6.11 Å². The number of fused-ring (bicyclic) bond motifs is 1. The maximum atomic E-state index is 15.4. The lowest BCUT2D eigenvalue weighted by molar-refractivity contribution is -0.185. The maximum absolute atomic E-state index is 15.4. The molecule has 5 rings (SSSR count). The molecule has 2 heterocycles. The molecule has 5 aromatic rings. The van der Waals surface area contributed by atoms with Crippen LogP contribution in [0.3, 0.4) is 0 Å². The molecule has 0 amide bonds. The fourth-order valence-electron chi connectivity index (χ4n) is 3.77. The maximum Gasteiger partial charge on any atom is 0.454 e. The molecule has 3 aromatic carbocycles. The highest BCUT2D eigenvalue weighted by Crippen LogP contribution is 2.39. The van der Waals surface area contributed by atoms with Crippen LogP contribution in [0.15, 0.2) is 60.9 Å². The third kappa shape index (κ3) is 5.26. The van der Waals surface area contributed by atoms with E-state index in [0.29, 0.717) is 16.9 Å². The zero-order chi connectivity index (χ0) is 28.8. The zero-order valence-corrected chi connectivity index (χ0v) is 21.4. The quantitative estimate of drug-likeness (QED) is 0.116. The molecule has 0 radical (unpaired) electrons. The number of ether oxygens (including phenoxy) is 1. The van der Waals surface area contributed by atoms with Crippen molar-refractivity contribution in [2.45, 2.75) is 20.0 Å². The molecule has 0 aliphatic carbocycles. The van der Waals surface area contributed by atoms with E-state index in [4.69, 9.17) is 0 Å². The van der Waals surface area contributed by atoms with E-state index in [1.807, 2.05) is 0 Å². The predicted molar refractivity (Wildman–Crippen MR) is 136 cm³/mol. The van der Waals surface area contributed by atoms with Gasteiger partial charge >= 0.3 is 6.11 Å². The average Bonchev–Trinajstić information content (AvgIpc) is 3.36. The lowest BCUT2D eigenvalue weighted by Crippen LogP contribution is -2.21. The van der Waals surface area contributed by atoms with Gasteiger partial charge in [-0.2, -0.15) is 8.78 Å². The molecule has 4 nitrogen and oxygen atoms in total. The molecule has 0 saturated carbocycles. The van der Waals surface area contributed by atoms with Crippen molar-refractivity contribution in [2.24, 2.45) is 0 Å². The summed E-state index contributed by atoms with van der Waals surface area (Å²) in [7, 11) is 0. The first-order valence-corrected chi connectivity index (χ1v) is 12.3. The van der Waals surface area contributed by atoms with E-state index in [9.17, 15) is 26.3 Å². The third-order valence-electron chi connectivity index (χ3n) is 5.85. The lowest BCUT2D eigenvalue weighted by atomic mass is 10.0. The van der Waals surface area contributed by atoms with Crippen LogP contribution >= 0.6 is 11.3 Å². The van der Waals surface area contributed by atoms with Crippen LogP contribution in [0.4, 0.5) is 30.7 Å². The number of alkyl halides is 2. The number of thiazole rings is 1. The summed E-state index contributed by atoms with van der Waals surface area (Å²) in [5.74, 6) is -7.59. The van der Waals surface area contributed by atoms with Crippen LogP contribution in [0.2, 0.25) is 0 Å². The number of hydrogen-bond donors (Lipinski definition) is 0. The summed E-state index contributed by atoms with van der Waals surface area (Å²) < 4.78 is 104. The van der Waals surface area contributed by atoms with Gasteiger partial charge in [0.15, 0.2) is 23.3 Å². The first-order valence-electron chi connectivity index (χ1n) is 11.5. The highest BCUT2D eigenvalue weighted by Gasteiger charge is 2.39. The van der Waals surface area contributed by atoms with Crippen molar-refractivity contribution < 1.29 is 35.5 Å². The highest BCUT2D eigenvalue weighted by molar-refractivity contribution is 7.18. The molecule has 40 heavy (non-hydrogen) atoms. The second-order valence-corrected chi connectivity index (χ2v) is 9.77. The Bertz CT molecular complexity index is 1760. The summed E-state index contributed by atoms with van der Waals surface area (Å²) in [6.45, 7) is 3.21. The third-order valence-corrected chi connectivity index (χ3v) is 6.92. The minimum atomic E-state index is -4.12. The average molecular weight is 576 g/mol. The van der Waals surface area contributed by atoms with Crippen LogP contribution in [0.5, 0.6) is 5.75 Å². The topological polar surface area (TPSA) is 47.9 Å². The van der Waals surface area contributed by atoms with Crippen LogP contribution in [-0.4, -0.2) is 15.0 Å². The van der Waals surface area contributed by atoms with Crippen molar-refractivity contribution in [3.63, 3.8) is 0 Å². The number of hydrogen-bond acceptors (Lipinski definition) is 5.